The molecule has 1 aliphatic carbocycles. The number of nitro groups is 1. The summed E-state index contributed by atoms with van der Waals surface area (Å²) in [6, 6.07) is 5.95. The van der Waals surface area contributed by atoms with E-state index < -0.39 is 65.0 Å². The molecule has 44 heavy (non-hydrogen) atoms. The number of nitro benzene ring substituents is 1. The van der Waals surface area contributed by atoms with Crippen LogP contribution in [0.4, 0.5) is 19.3 Å². The van der Waals surface area contributed by atoms with Crippen LogP contribution < -0.4 is 4.74 Å². The van der Waals surface area contributed by atoms with E-state index in [1.54, 1.807) is 39.8 Å². The second-order valence-electron chi connectivity index (χ2n) is 12.7. The van der Waals surface area contributed by atoms with Crippen molar-refractivity contribution < 1.29 is 40.2 Å². The molecule has 10 nitrogen and oxygen atoms in total. The molecule has 1 aromatic heterocycles. The Morgan fingerprint density at radius 1 is 1.18 bits per heavy atom. The molecule has 0 N–H and O–H groups in total. The minimum absolute atomic E-state index is 0.00501. The van der Waals surface area contributed by atoms with Crippen LogP contribution in [0.1, 0.15) is 82.3 Å². The summed E-state index contributed by atoms with van der Waals surface area (Å²) in [7, 11) is 2.53. The molecule has 2 heterocycles. The number of methoxy groups -OCH3 is 2. The molecule has 236 valence electrons. The van der Waals surface area contributed by atoms with Crippen molar-refractivity contribution in [1.29, 1.82) is 0 Å². The predicted molar refractivity (Wildman–Crippen MR) is 158 cm³/mol. The zero-order valence-electron chi connectivity index (χ0n) is 27.5. The van der Waals surface area contributed by atoms with Crippen LogP contribution in [0.3, 0.4) is 0 Å². The molecule has 1 saturated heterocycles. The molecule has 1 aliphatic heterocycles. The zero-order valence-corrected chi connectivity index (χ0v) is 25.5. The van der Waals surface area contributed by atoms with Crippen LogP contribution in [0.15, 0.2) is 36.5 Å². The topological polar surface area (TPSA) is 113 Å². The van der Waals surface area contributed by atoms with Crippen LogP contribution >= 0.6 is 0 Å². The van der Waals surface area contributed by atoms with E-state index in [1.165, 1.54) is 34.9 Å². The lowest BCUT2D eigenvalue weighted by Crippen LogP contribution is -2.53. The fourth-order valence-corrected chi connectivity index (χ4v) is 6.53. The lowest BCUT2D eigenvalue weighted by Gasteiger charge is -2.54. The molecule has 1 unspecified atom stereocenters. The molecule has 3 aromatic rings. The van der Waals surface area contributed by atoms with Crippen LogP contribution in [0.2, 0.25) is 0 Å². The van der Waals surface area contributed by atoms with Gasteiger partial charge in [0.15, 0.2) is 0 Å². The molecule has 0 bridgehead atoms. The third-order valence-corrected chi connectivity index (χ3v) is 8.35. The Hall–Kier alpha value is -4.06. The number of nitrogens with zero attached hydrogens (tertiary/aromatic N) is 3. The quantitative estimate of drug-likeness (QED) is 0.163. The number of hydrogen-bond donors (Lipinski definition) is 0. The van der Waals surface area contributed by atoms with E-state index in [4.69, 9.17) is 14.2 Å². The molecule has 0 amide bonds. The summed E-state index contributed by atoms with van der Waals surface area (Å²) in [6.45, 7) is 4.55. The van der Waals surface area contributed by atoms with Crippen molar-refractivity contribution in [3.05, 3.63) is 68.9 Å². The highest BCUT2D eigenvalue weighted by molar-refractivity contribution is 5.95. The van der Waals surface area contributed by atoms with Crippen LogP contribution in [0, 0.1) is 22.5 Å². The monoisotopic (exact) mass is 615 g/mol. The Balaban J connectivity index is 1.68. The largest absolute Gasteiger partial charge is 0.496 e. The number of ether oxygens (including phenoxy) is 3. The summed E-state index contributed by atoms with van der Waals surface area (Å²) in [6.07, 6.45) is 0.281. The summed E-state index contributed by atoms with van der Waals surface area (Å²) in [5.74, 6) is -3.48. The Morgan fingerprint density at radius 2 is 1.89 bits per heavy atom. The average molecular weight is 616 g/mol. The van der Waals surface area contributed by atoms with E-state index in [1.807, 2.05) is 0 Å². The first-order valence-electron chi connectivity index (χ1n) is 15.3. The molecular weight excluding hydrogens is 576 g/mol. The highest BCUT2D eigenvalue weighted by Crippen LogP contribution is 2.61. The van der Waals surface area contributed by atoms with Gasteiger partial charge in [0.05, 0.1) is 30.2 Å². The number of esters is 1. The second kappa shape index (κ2) is 11.1. The fraction of sp³-hybridized carbons (Fsp3) is 0.500. The van der Waals surface area contributed by atoms with Gasteiger partial charge in [0.25, 0.3) is 5.69 Å². The number of carbonyl (C=O) groups is 2. The number of carbonyl (C=O) groups excluding carboxylic acids is 2. The number of fused-ring (bicyclic) bond motifs is 1. The SMILES string of the molecule is [2H]C([2H])(c1c(OC)cc(C)c2c1ccn2C(=O)OC(C)(C)C)N1CCC2(CC1c1ccc(C(=O)OC)cc1[N+](=O)[O-])CC(F)(F)C2. The van der Waals surface area contributed by atoms with Crippen molar-refractivity contribution in [3.8, 4) is 5.75 Å². The standard InChI is InChI=1S/C32H37F2N3O7/c1-19-13-26(42-5)23(21-9-11-36(27(19)21)29(39)44-30(2,3)4)16-35-12-10-31(17-32(33,34)18-31)15-25(35)22-8-7-20(28(38)43-6)14-24(22)37(40)41/h7-9,11,13-14,25H,10,12,15-18H2,1-6H3/i16D2. The number of hydrogen-bond acceptors (Lipinski definition) is 8. The van der Waals surface area contributed by atoms with Gasteiger partial charge in [-0.15, -0.1) is 0 Å². The van der Waals surface area contributed by atoms with Crippen LogP contribution in [0.5, 0.6) is 5.75 Å². The summed E-state index contributed by atoms with van der Waals surface area (Å²) in [5, 5.41) is 12.7. The molecule has 1 atom stereocenters. The number of likely N-dealkylation sites (tertiary alicyclic amines) is 1. The van der Waals surface area contributed by atoms with Gasteiger partial charge in [0.2, 0.25) is 5.92 Å². The van der Waals surface area contributed by atoms with Crippen LogP contribution in [-0.2, 0) is 16.0 Å². The Kier molecular flexibility index (Phi) is 7.26. The van der Waals surface area contributed by atoms with E-state index in [0.29, 0.717) is 16.5 Å². The summed E-state index contributed by atoms with van der Waals surface area (Å²) in [5.41, 5.74) is -0.988. The van der Waals surface area contributed by atoms with E-state index in [9.17, 15) is 31.2 Å². The van der Waals surface area contributed by atoms with Gasteiger partial charge < -0.3 is 14.2 Å². The normalized spacial score (nSPS) is 20.4. The Bertz CT molecular complexity index is 1730. The molecule has 1 spiro atoms. The van der Waals surface area contributed by atoms with Gasteiger partial charge in [-0.25, -0.2) is 18.4 Å². The lowest BCUT2D eigenvalue weighted by atomic mass is 9.59. The van der Waals surface area contributed by atoms with Crippen molar-refractivity contribution in [2.24, 2.45) is 5.41 Å². The number of aryl methyl sites for hydroxylation is 1. The third-order valence-electron chi connectivity index (χ3n) is 8.35. The molecule has 12 heteroatoms. The molecule has 1 saturated carbocycles. The highest BCUT2D eigenvalue weighted by atomic mass is 19.3. The molecule has 5 rings (SSSR count). The molecule has 2 fully saturated rings. The number of rotatable bonds is 6. The molecule has 0 radical (unpaired) electrons. The summed E-state index contributed by atoms with van der Waals surface area (Å²) >= 11 is 0. The minimum Gasteiger partial charge on any atom is -0.496 e. The number of alkyl halides is 2. The summed E-state index contributed by atoms with van der Waals surface area (Å²) < 4.78 is 65.0. The van der Waals surface area contributed by atoms with E-state index in [-0.39, 0.29) is 41.8 Å². The average Bonchev–Trinajstić information content (AvgIpc) is 3.39. The van der Waals surface area contributed by atoms with Crippen molar-refractivity contribution in [1.82, 2.24) is 9.47 Å². The van der Waals surface area contributed by atoms with Crippen LogP contribution in [-0.4, -0.2) is 58.7 Å². The Labute approximate surface area is 256 Å². The van der Waals surface area contributed by atoms with Gasteiger partial charge in [-0.3, -0.25) is 19.6 Å². The van der Waals surface area contributed by atoms with Gasteiger partial charge in [-0.2, -0.15) is 0 Å². The minimum atomic E-state index is -2.87. The van der Waals surface area contributed by atoms with E-state index in [0.717, 1.165) is 13.2 Å². The summed E-state index contributed by atoms with van der Waals surface area (Å²) in [4.78, 5) is 38.5. The van der Waals surface area contributed by atoms with Crippen molar-refractivity contribution in [3.63, 3.8) is 0 Å². The van der Waals surface area contributed by atoms with E-state index >= 15 is 0 Å². The zero-order chi connectivity index (χ0) is 34.0. The Morgan fingerprint density at radius 3 is 2.48 bits per heavy atom. The fourth-order valence-electron chi connectivity index (χ4n) is 6.53. The first-order chi connectivity index (χ1) is 21.3. The maximum atomic E-state index is 14.3. The second-order valence-corrected chi connectivity index (χ2v) is 12.7. The molecule has 2 aromatic carbocycles. The number of halogens is 2. The van der Waals surface area contributed by atoms with Gasteiger partial charge in [0, 0.05) is 56.9 Å². The van der Waals surface area contributed by atoms with E-state index in [2.05, 4.69) is 0 Å². The predicted octanol–water partition coefficient (Wildman–Crippen LogP) is 7.19. The first-order valence-corrected chi connectivity index (χ1v) is 14.3. The van der Waals surface area contributed by atoms with Gasteiger partial charge >= 0.3 is 12.1 Å². The smallest absolute Gasteiger partial charge is 0.419 e. The molecular formula is C32H37F2N3O7. The number of piperidine rings is 1. The maximum absolute atomic E-state index is 14.3. The van der Waals surface area contributed by atoms with Crippen molar-refractivity contribution in [2.45, 2.75) is 77.4 Å². The highest BCUT2D eigenvalue weighted by Gasteiger charge is 2.58. The lowest BCUT2D eigenvalue weighted by molar-refractivity contribution is -0.386. The first kappa shape index (κ1) is 28.7. The van der Waals surface area contributed by atoms with Crippen molar-refractivity contribution >= 4 is 28.7 Å². The van der Waals surface area contributed by atoms with Gasteiger partial charge in [-0.05, 0) is 82.3 Å². The van der Waals surface area contributed by atoms with Gasteiger partial charge in [0.1, 0.15) is 11.4 Å². The third kappa shape index (κ3) is 5.87. The maximum Gasteiger partial charge on any atom is 0.419 e. The number of benzene rings is 2. The van der Waals surface area contributed by atoms with Gasteiger partial charge in [-0.1, -0.05) is 0 Å². The van der Waals surface area contributed by atoms with Crippen LogP contribution in [0.25, 0.3) is 10.9 Å². The number of aromatic nitrogens is 1. The molecule has 2 aliphatic rings. The van der Waals surface area contributed by atoms with Crippen molar-refractivity contribution in [2.75, 3.05) is 20.8 Å².